The Kier molecular flexibility index (Phi) is 6.17. The predicted octanol–water partition coefficient (Wildman–Crippen LogP) is 0.715. The average Bonchev–Trinajstić information content (AvgIpc) is 2.38. The highest BCUT2D eigenvalue weighted by molar-refractivity contribution is 7.88. The topological polar surface area (TPSA) is 65.0 Å². The molecule has 1 aromatic rings. The Morgan fingerprint density at radius 1 is 1.14 bits per heavy atom. The van der Waals surface area contributed by atoms with Crippen molar-refractivity contribution in [1.82, 2.24) is 14.5 Å². The van der Waals surface area contributed by atoms with Crippen LogP contribution in [0.3, 0.4) is 0 Å². The van der Waals surface area contributed by atoms with Crippen molar-refractivity contribution in [2.75, 3.05) is 35.2 Å². The molecule has 0 aliphatic heterocycles. The second kappa shape index (κ2) is 7.42. The number of benzene rings is 1. The van der Waals surface area contributed by atoms with E-state index in [-0.39, 0.29) is 5.75 Å². The molecule has 0 heterocycles. The van der Waals surface area contributed by atoms with Crippen LogP contribution in [0.15, 0.2) is 29.3 Å². The predicted molar refractivity (Wildman–Crippen MR) is 86.6 cm³/mol. The summed E-state index contributed by atoms with van der Waals surface area (Å²) in [6, 6.07) is 7.49. The van der Waals surface area contributed by atoms with Crippen LogP contribution in [-0.2, 0) is 22.3 Å². The SMILES string of the molecule is CNS(=O)(=O)Cc1cccc(CN=C(N(C)C)N(C)C)c1. The number of nitrogens with one attached hydrogen (secondary N) is 1. The molecule has 118 valence electrons. The van der Waals surface area contributed by atoms with Crippen molar-refractivity contribution >= 4 is 16.0 Å². The Morgan fingerprint density at radius 2 is 1.71 bits per heavy atom. The third kappa shape index (κ3) is 5.73. The number of aliphatic imine (C=N–C) groups is 1. The van der Waals surface area contributed by atoms with Crippen LogP contribution in [0.1, 0.15) is 11.1 Å². The van der Waals surface area contributed by atoms with E-state index in [0.717, 1.165) is 17.1 Å². The van der Waals surface area contributed by atoms with Gasteiger partial charge < -0.3 is 9.80 Å². The van der Waals surface area contributed by atoms with Gasteiger partial charge in [0.15, 0.2) is 5.96 Å². The minimum atomic E-state index is -3.25. The fourth-order valence-corrected chi connectivity index (χ4v) is 2.72. The molecule has 0 radical (unpaired) electrons. The number of hydrogen-bond acceptors (Lipinski definition) is 3. The highest BCUT2D eigenvalue weighted by Gasteiger charge is 2.09. The molecule has 0 saturated carbocycles. The first-order valence-corrected chi connectivity index (χ1v) is 8.28. The first-order chi connectivity index (χ1) is 9.75. The Balaban J connectivity index is 2.89. The van der Waals surface area contributed by atoms with Gasteiger partial charge in [-0.15, -0.1) is 0 Å². The van der Waals surface area contributed by atoms with Crippen molar-refractivity contribution < 1.29 is 8.42 Å². The number of sulfonamides is 1. The molecular weight excluding hydrogens is 288 g/mol. The minimum Gasteiger partial charge on any atom is -0.349 e. The fraction of sp³-hybridized carbons (Fsp3) is 0.500. The van der Waals surface area contributed by atoms with Crippen LogP contribution >= 0.6 is 0 Å². The fourth-order valence-electron chi connectivity index (χ4n) is 1.95. The average molecular weight is 312 g/mol. The summed E-state index contributed by atoms with van der Waals surface area (Å²) in [4.78, 5) is 8.43. The molecule has 0 aliphatic carbocycles. The number of rotatable bonds is 5. The zero-order valence-corrected chi connectivity index (χ0v) is 14.1. The van der Waals surface area contributed by atoms with Crippen LogP contribution in [-0.4, -0.2) is 59.4 Å². The van der Waals surface area contributed by atoms with Crippen molar-refractivity contribution in [2.45, 2.75) is 12.3 Å². The Bertz CT molecular complexity index is 585. The van der Waals surface area contributed by atoms with Gasteiger partial charge in [0.25, 0.3) is 0 Å². The van der Waals surface area contributed by atoms with Crippen LogP contribution < -0.4 is 4.72 Å². The second-order valence-corrected chi connectivity index (χ2v) is 7.11. The molecule has 0 amide bonds. The van der Waals surface area contributed by atoms with Crippen LogP contribution in [0.5, 0.6) is 0 Å². The molecule has 1 rings (SSSR count). The second-order valence-electron chi connectivity index (χ2n) is 5.19. The summed E-state index contributed by atoms with van der Waals surface area (Å²) in [6.45, 7) is 0.513. The maximum absolute atomic E-state index is 11.6. The number of nitrogens with zero attached hydrogens (tertiary/aromatic N) is 3. The molecule has 0 aromatic heterocycles. The highest BCUT2D eigenvalue weighted by Crippen LogP contribution is 2.10. The molecule has 1 N–H and O–H groups in total. The van der Waals surface area contributed by atoms with Crippen molar-refractivity contribution in [2.24, 2.45) is 4.99 Å². The van der Waals surface area contributed by atoms with Gasteiger partial charge in [-0.3, -0.25) is 0 Å². The summed E-state index contributed by atoms with van der Waals surface area (Å²) in [5.74, 6) is 0.846. The third-order valence-electron chi connectivity index (χ3n) is 2.86. The summed E-state index contributed by atoms with van der Waals surface area (Å²) >= 11 is 0. The summed E-state index contributed by atoms with van der Waals surface area (Å²) in [6.07, 6.45) is 0. The van der Waals surface area contributed by atoms with Crippen LogP contribution in [0.4, 0.5) is 0 Å². The monoisotopic (exact) mass is 312 g/mol. The van der Waals surface area contributed by atoms with Crippen LogP contribution in [0.2, 0.25) is 0 Å². The number of guanidine groups is 1. The van der Waals surface area contributed by atoms with Gasteiger partial charge in [0.05, 0.1) is 12.3 Å². The van der Waals surface area contributed by atoms with Crippen LogP contribution in [0.25, 0.3) is 0 Å². The molecule has 0 atom stereocenters. The van der Waals surface area contributed by atoms with E-state index in [1.807, 2.05) is 56.2 Å². The standard InChI is InChI=1S/C14H24N4O2S/c1-15-21(19,20)11-13-8-6-7-12(9-13)10-16-14(17(2)3)18(4)5/h6-9,15H,10-11H2,1-5H3. The lowest BCUT2D eigenvalue weighted by molar-refractivity contribution is 0.479. The van der Waals surface area contributed by atoms with E-state index in [1.54, 1.807) is 6.07 Å². The Labute approximate surface area is 127 Å². The van der Waals surface area contributed by atoms with E-state index in [1.165, 1.54) is 7.05 Å². The first-order valence-electron chi connectivity index (χ1n) is 6.63. The van der Waals surface area contributed by atoms with Gasteiger partial charge in [0, 0.05) is 28.2 Å². The van der Waals surface area contributed by atoms with Crippen molar-refractivity contribution in [3.8, 4) is 0 Å². The van der Waals surface area contributed by atoms with E-state index in [9.17, 15) is 8.42 Å². The molecule has 0 bridgehead atoms. The van der Waals surface area contributed by atoms with Crippen LogP contribution in [0, 0.1) is 0 Å². The van der Waals surface area contributed by atoms with Crippen molar-refractivity contribution in [1.29, 1.82) is 0 Å². The van der Waals surface area contributed by atoms with E-state index < -0.39 is 10.0 Å². The maximum atomic E-state index is 11.6. The van der Waals surface area contributed by atoms with Gasteiger partial charge in [-0.2, -0.15) is 0 Å². The van der Waals surface area contributed by atoms with Crippen molar-refractivity contribution in [3.05, 3.63) is 35.4 Å². The molecule has 0 fully saturated rings. The summed E-state index contributed by atoms with van der Waals surface area (Å²) in [5.41, 5.74) is 1.74. The molecule has 6 nitrogen and oxygen atoms in total. The lowest BCUT2D eigenvalue weighted by atomic mass is 10.1. The van der Waals surface area contributed by atoms with Crippen molar-refractivity contribution in [3.63, 3.8) is 0 Å². The smallest absolute Gasteiger partial charge is 0.215 e. The summed E-state index contributed by atoms with van der Waals surface area (Å²) in [5, 5.41) is 0. The van der Waals surface area contributed by atoms with Gasteiger partial charge in [-0.05, 0) is 18.2 Å². The lowest BCUT2D eigenvalue weighted by Crippen LogP contribution is -2.35. The summed E-state index contributed by atoms with van der Waals surface area (Å²) in [7, 11) is 5.93. The van der Waals surface area contributed by atoms with E-state index in [4.69, 9.17) is 0 Å². The Hall–Kier alpha value is -1.60. The van der Waals surface area contributed by atoms with Gasteiger partial charge in [0.1, 0.15) is 0 Å². The van der Waals surface area contributed by atoms with Gasteiger partial charge in [0.2, 0.25) is 10.0 Å². The molecule has 21 heavy (non-hydrogen) atoms. The largest absolute Gasteiger partial charge is 0.349 e. The molecule has 0 saturated heterocycles. The molecule has 0 unspecified atom stereocenters. The molecule has 1 aromatic carbocycles. The Morgan fingerprint density at radius 3 is 2.24 bits per heavy atom. The molecule has 0 spiro atoms. The lowest BCUT2D eigenvalue weighted by Gasteiger charge is -2.22. The summed E-state index contributed by atoms with van der Waals surface area (Å²) < 4.78 is 25.5. The maximum Gasteiger partial charge on any atom is 0.215 e. The van der Waals surface area contributed by atoms with E-state index >= 15 is 0 Å². The highest BCUT2D eigenvalue weighted by atomic mass is 32.2. The van der Waals surface area contributed by atoms with Gasteiger partial charge >= 0.3 is 0 Å². The quantitative estimate of drug-likeness (QED) is 0.642. The minimum absolute atomic E-state index is 0.0186. The molecular formula is C14H24N4O2S. The molecule has 0 aliphatic rings. The third-order valence-corrected chi connectivity index (χ3v) is 4.20. The number of hydrogen-bond donors (Lipinski definition) is 1. The normalized spacial score (nSPS) is 11.1. The van der Waals surface area contributed by atoms with E-state index in [0.29, 0.717) is 6.54 Å². The zero-order chi connectivity index (χ0) is 16.0. The molecule has 7 heteroatoms. The van der Waals surface area contributed by atoms with Gasteiger partial charge in [-0.25, -0.2) is 18.1 Å². The first kappa shape index (κ1) is 17.5. The van der Waals surface area contributed by atoms with Gasteiger partial charge in [-0.1, -0.05) is 24.3 Å². The van der Waals surface area contributed by atoms with E-state index in [2.05, 4.69) is 9.71 Å². The zero-order valence-electron chi connectivity index (χ0n) is 13.3.